The van der Waals surface area contributed by atoms with Crippen LogP contribution in [0.15, 0.2) is 48.5 Å². The smallest absolute Gasteiger partial charge is 0.251 e. The third kappa shape index (κ3) is 4.17. The van der Waals surface area contributed by atoms with Crippen LogP contribution in [0.2, 0.25) is 5.02 Å². The molecule has 0 aromatic heterocycles. The molecule has 1 aliphatic heterocycles. The highest BCUT2D eigenvalue weighted by atomic mass is 35.5. The molecule has 1 saturated heterocycles. The number of hydrogen-bond donors (Lipinski definition) is 1. The van der Waals surface area contributed by atoms with Gasteiger partial charge in [0.15, 0.2) is 0 Å². The van der Waals surface area contributed by atoms with E-state index in [1.165, 1.54) is 12.1 Å². The van der Waals surface area contributed by atoms with Crippen molar-refractivity contribution in [2.75, 3.05) is 13.1 Å². The first-order chi connectivity index (χ1) is 12.0. The van der Waals surface area contributed by atoms with Crippen LogP contribution >= 0.6 is 11.6 Å². The Morgan fingerprint density at radius 2 is 1.96 bits per heavy atom. The molecule has 1 heterocycles. The summed E-state index contributed by atoms with van der Waals surface area (Å²) >= 11 is 5.87. The van der Waals surface area contributed by atoms with E-state index in [1.54, 1.807) is 41.3 Å². The van der Waals surface area contributed by atoms with Crippen molar-refractivity contribution < 1.29 is 14.0 Å². The number of rotatable bonds is 4. The Kier molecular flexibility index (Phi) is 5.34. The Morgan fingerprint density at radius 3 is 2.68 bits per heavy atom. The van der Waals surface area contributed by atoms with Crippen molar-refractivity contribution in [1.82, 2.24) is 10.2 Å². The van der Waals surface area contributed by atoms with Gasteiger partial charge in [0.25, 0.3) is 5.91 Å². The molecule has 2 amide bonds. The zero-order valence-electron chi connectivity index (χ0n) is 13.5. The Labute approximate surface area is 150 Å². The predicted octanol–water partition coefficient (Wildman–Crippen LogP) is 3.57. The fraction of sp³-hybridized carbons (Fsp3) is 0.263. The molecule has 1 unspecified atom stereocenters. The molecule has 0 saturated carbocycles. The van der Waals surface area contributed by atoms with Gasteiger partial charge in [-0.15, -0.1) is 0 Å². The van der Waals surface area contributed by atoms with Gasteiger partial charge < -0.3 is 10.2 Å². The van der Waals surface area contributed by atoms with Crippen LogP contribution in [-0.4, -0.2) is 29.8 Å². The maximum Gasteiger partial charge on any atom is 0.251 e. The van der Waals surface area contributed by atoms with E-state index in [-0.39, 0.29) is 30.2 Å². The molecule has 6 heteroatoms. The topological polar surface area (TPSA) is 49.4 Å². The van der Waals surface area contributed by atoms with Crippen LogP contribution in [0.3, 0.4) is 0 Å². The van der Waals surface area contributed by atoms with Gasteiger partial charge in [-0.25, -0.2) is 4.39 Å². The van der Waals surface area contributed by atoms with Crippen LogP contribution in [0.5, 0.6) is 0 Å². The van der Waals surface area contributed by atoms with Crippen molar-refractivity contribution in [2.45, 2.75) is 18.9 Å². The summed E-state index contributed by atoms with van der Waals surface area (Å²) < 4.78 is 13.1. The first-order valence-electron chi connectivity index (χ1n) is 8.13. The molecule has 1 N–H and O–H groups in total. The molecule has 0 radical (unpaired) electrons. The van der Waals surface area contributed by atoms with E-state index >= 15 is 0 Å². The Bertz CT molecular complexity index is 779. The van der Waals surface area contributed by atoms with Crippen LogP contribution in [0.1, 0.15) is 34.8 Å². The summed E-state index contributed by atoms with van der Waals surface area (Å²) in [6, 6.07) is 12.7. The van der Waals surface area contributed by atoms with Crippen molar-refractivity contribution in [3.8, 4) is 0 Å². The molecule has 0 spiro atoms. The second-order valence-electron chi connectivity index (χ2n) is 5.99. The van der Waals surface area contributed by atoms with Crippen LogP contribution < -0.4 is 5.32 Å². The van der Waals surface area contributed by atoms with Gasteiger partial charge in [-0.05, 0) is 48.7 Å². The number of nitrogens with one attached hydrogen (secondary N) is 1. The number of hydrogen-bond acceptors (Lipinski definition) is 2. The van der Waals surface area contributed by atoms with Gasteiger partial charge >= 0.3 is 0 Å². The molecule has 3 rings (SSSR count). The van der Waals surface area contributed by atoms with Gasteiger partial charge in [-0.1, -0.05) is 29.8 Å². The summed E-state index contributed by atoms with van der Waals surface area (Å²) in [5.41, 5.74) is 1.32. The fourth-order valence-electron chi connectivity index (χ4n) is 3.09. The van der Waals surface area contributed by atoms with Crippen LogP contribution in [0.4, 0.5) is 4.39 Å². The summed E-state index contributed by atoms with van der Waals surface area (Å²) in [6.45, 7) is 0.553. The molecular weight excluding hydrogens is 343 g/mol. The number of halogens is 2. The maximum atomic E-state index is 13.1. The number of nitrogens with zero attached hydrogens (tertiary/aromatic N) is 1. The Morgan fingerprint density at radius 1 is 1.20 bits per heavy atom. The van der Waals surface area contributed by atoms with Crippen LogP contribution in [0, 0.1) is 5.82 Å². The highest BCUT2D eigenvalue weighted by molar-refractivity contribution is 6.30. The number of benzene rings is 2. The molecule has 130 valence electrons. The lowest BCUT2D eigenvalue weighted by molar-refractivity contribution is -0.131. The summed E-state index contributed by atoms with van der Waals surface area (Å²) in [4.78, 5) is 26.4. The van der Waals surface area contributed by atoms with Crippen molar-refractivity contribution in [2.24, 2.45) is 0 Å². The first kappa shape index (κ1) is 17.4. The van der Waals surface area contributed by atoms with Crippen molar-refractivity contribution in [3.63, 3.8) is 0 Å². The maximum absolute atomic E-state index is 13.1. The minimum Gasteiger partial charge on any atom is -0.343 e. The standard InChI is InChI=1S/C19H18ClFN2O2/c20-15-4-1-3-14(11-15)19(25)22-12-18(24)23-10-2-5-17(23)13-6-8-16(21)9-7-13/h1,3-4,6-9,11,17H,2,5,10,12H2,(H,22,25). The van der Waals surface area contributed by atoms with Crippen molar-refractivity contribution >= 4 is 23.4 Å². The SMILES string of the molecule is O=C(NCC(=O)N1CCCC1c1ccc(F)cc1)c1cccc(Cl)c1. The third-order valence-electron chi connectivity index (χ3n) is 4.31. The van der Waals surface area contributed by atoms with Gasteiger partial charge in [0, 0.05) is 17.1 Å². The Balaban J connectivity index is 1.62. The lowest BCUT2D eigenvalue weighted by atomic mass is 10.0. The Hall–Kier alpha value is -2.40. The van der Waals surface area contributed by atoms with E-state index in [1.807, 2.05) is 0 Å². The molecule has 1 fully saturated rings. The molecule has 0 bridgehead atoms. The second kappa shape index (κ2) is 7.66. The number of carbonyl (C=O) groups is 2. The minimum absolute atomic E-state index is 0.0730. The molecule has 0 aliphatic carbocycles. The van der Waals surface area contributed by atoms with E-state index in [0.717, 1.165) is 18.4 Å². The van der Waals surface area contributed by atoms with E-state index in [4.69, 9.17) is 11.6 Å². The van der Waals surface area contributed by atoms with Gasteiger partial charge in [-0.3, -0.25) is 9.59 Å². The summed E-state index contributed by atoms with van der Waals surface area (Å²) in [6.07, 6.45) is 1.72. The lowest BCUT2D eigenvalue weighted by Gasteiger charge is -2.25. The van der Waals surface area contributed by atoms with Gasteiger partial charge in [-0.2, -0.15) is 0 Å². The molecule has 1 aliphatic rings. The predicted molar refractivity (Wildman–Crippen MR) is 93.9 cm³/mol. The summed E-state index contributed by atoms with van der Waals surface area (Å²) in [5.74, 6) is -0.788. The zero-order valence-corrected chi connectivity index (χ0v) is 14.3. The van der Waals surface area contributed by atoms with E-state index in [0.29, 0.717) is 17.1 Å². The molecule has 4 nitrogen and oxygen atoms in total. The molecular formula is C19H18ClFN2O2. The van der Waals surface area contributed by atoms with Gasteiger partial charge in [0.05, 0.1) is 12.6 Å². The quantitative estimate of drug-likeness (QED) is 0.906. The first-order valence-corrected chi connectivity index (χ1v) is 8.51. The monoisotopic (exact) mass is 360 g/mol. The van der Waals surface area contributed by atoms with E-state index in [2.05, 4.69) is 5.32 Å². The zero-order chi connectivity index (χ0) is 17.8. The highest BCUT2D eigenvalue weighted by Gasteiger charge is 2.29. The van der Waals surface area contributed by atoms with Gasteiger partial charge in [0.1, 0.15) is 5.82 Å². The molecule has 25 heavy (non-hydrogen) atoms. The second-order valence-corrected chi connectivity index (χ2v) is 6.43. The van der Waals surface area contributed by atoms with Crippen LogP contribution in [0.25, 0.3) is 0 Å². The molecule has 1 atom stereocenters. The molecule has 2 aromatic carbocycles. The van der Waals surface area contributed by atoms with Gasteiger partial charge in [0.2, 0.25) is 5.91 Å². The van der Waals surface area contributed by atoms with Crippen molar-refractivity contribution in [1.29, 1.82) is 0 Å². The lowest BCUT2D eigenvalue weighted by Crippen LogP contribution is -2.39. The summed E-state index contributed by atoms with van der Waals surface area (Å²) in [5, 5.41) is 3.10. The fourth-order valence-corrected chi connectivity index (χ4v) is 3.28. The van der Waals surface area contributed by atoms with E-state index < -0.39 is 0 Å². The van der Waals surface area contributed by atoms with Crippen LogP contribution in [-0.2, 0) is 4.79 Å². The van der Waals surface area contributed by atoms with Crippen molar-refractivity contribution in [3.05, 3.63) is 70.5 Å². The number of amides is 2. The number of carbonyl (C=O) groups excluding carboxylic acids is 2. The molecule has 2 aromatic rings. The highest BCUT2D eigenvalue weighted by Crippen LogP contribution is 2.31. The summed E-state index contributed by atoms with van der Waals surface area (Å²) in [7, 11) is 0. The average Bonchev–Trinajstić information content (AvgIpc) is 3.10. The minimum atomic E-state index is -0.339. The average molecular weight is 361 g/mol. The third-order valence-corrected chi connectivity index (χ3v) is 4.55. The van der Waals surface area contributed by atoms with E-state index in [9.17, 15) is 14.0 Å². The largest absolute Gasteiger partial charge is 0.343 e. The number of likely N-dealkylation sites (tertiary alicyclic amines) is 1. The normalized spacial score (nSPS) is 16.7.